The number of aliphatic hydroxyl groups is 2. The number of halogens is 5. The molecule has 2 heterocycles. The number of alkyl halides is 3. The first-order valence-corrected chi connectivity index (χ1v) is 8.61. The molecule has 3 rings (SSSR count). The molecule has 1 aromatic carbocycles. The third-order valence-corrected chi connectivity index (χ3v) is 4.15. The van der Waals surface area contributed by atoms with Crippen molar-refractivity contribution in [1.82, 2.24) is 4.98 Å². The standard InChI is InChI=1S/C12H13ClO4.C6H3F4NO/c13-8-3-1-7(2-4-8)10(15)12-11(16)9(14)5-6-17-12;7-6(8,9)4-2-1-3-5(11-4)12-10/h1-4,9,11-12,14,16H,5-6H2;1-3H. The van der Waals surface area contributed by atoms with Crippen LogP contribution in [-0.2, 0) is 10.9 Å². The van der Waals surface area contributed by atoms with Crippen molar-refractivity contribution in [2.75, 3.05) is 6.61 Å². The predicted octanol–water partition coefficient (Wildman–Crippen LogP) is 3.40. The van der Waals surface area contributed by atoms with Crippen molar-refractivity contribution >= 4 is 17.4 Å². The normalized spacial score (nSPS) is 21.7. The maximum atomic E-state index is 12.0. The average molecular weight is 438 g/mol. The number of aliphatic hydroxyl groups excluding tert-OH is 2. The number of carbonyl (C=O) groups excluding carboxylic acids is 1. The van der Waals surface area contributed by atoms with Crippen LogP contribution in [-0.4, -0.2) is 45.9 Å². The monoisotopic (exact) mass is 437 g/mol. The number of aromatic nitrogens is 1. The Kier molecular flexibility index (Phi) is 7.91. The van der Waals surface area contributed by atoms with E-state index >= 15 is 0 Å². The van der Waals surface area contributed by atoms with E-state index in [4.69, 9.17) is 16.3 Å². The zero-order valence-corrected chi connectivity index (χ0v) is 15.4. The van der Waals surface area contributed by atoms with Gasteiger partial charge in [-0.25, -0.2) is 4.98 Å². The topological polar surface area (TPSA) is 88.9 Å². The van der Waals surface area contributed by atoms with Crippen LogP contribution in [0.4, 0.5) is 17.7 Å². The van der Waals surface area contributed by atoms with Crippen LogP contribution in [0.3, 0.4) is 0 Å². The molecule has 0 saturated carbocycles. The molecule has 1 aliphatic rings. The highest BCUT2D eigenvalue weighted by atomic mass is 35.5. The molecule has 0 radical (unpaired) electrons. The van der Waals surface area contributed by atoms with Crippen LogP contribution in [0, 0.1) is 0 Å². The molecule has 1 fully saturated rings. The van der Waals surface area contributed by atoms with Gasteiger partial charge in [0, 0.05) is 21.2 Å². The Labute approximate surface area is 167 Å². The molecule has 1 aliphatic heterocycles. The van der Waals surface area contributed by atoms with Gasteiger partial charge in [0.2, 0.25) is 0 Å². The Morgan fingerprint density at radius 3 is 2.41 bits per heavy atom. The first-order valence-electron chi connectivity index (χ1n) is 8.24. The van der Waals surface area contributed by atoms with Gasteiger partial charge in [0.25, 0.3) is 5.88 Å². The van der Waals surface area contributed by atoms with Crippen molar-refractivity contribution in [1.29, 1.82) is 0 Å². The fraction of sp³-hybridized carbons (Fsp3) is 0.333. The van der Waals surface area contributed by atoms with E-state index in [0.717, 1.165) is 18.2 Å². The second kappa shape index (κ2) is 9.97. The molecule has 29 heavy (non-hydrogen) atoms. The number of hydrogen-bond acceptors (Lipinski definition) is 6. The molecule has 3 atom stereocenters. The lowest BCUT2D eigenvalue weighted by atomic mass is 9.95. The summed E-state index contributed by atoms with van der Waals surface area (Å²) in [7, 11) is 0. The lowest BCUT2D eigenvalue weighted by Gasteiger charge is -2.30. The van der Waals surface area contributed by atoms with Crippen molar-refractivity contribution in [3.05, 3.63) is 58.7 Å². The van der Waals surface area contributed by atoms with Gasteiger partial charge in [-0.15, -0.1) is 0 Å². The van der Waals surface area contributed by atoms with Gasteiger partial charge in [-0.2, -0.15) is 13.2 Å². The number of Topliss-reactive ketones (excluding diaryl/α,β-unsaturated/α-hetero) is 1. The van der Waals surface area contributed by atoms with Crippen molar-refractivity contribution in [2.24, 2.45) is 0 Å². The lowest BCUT2D eigenvalue weighted by molar-refractivity contribution is -0.142. The third kappa shape index (κ3) is 6.36. The molecule has 1 saturated heterocycles. The number of benzene rings is 1. The zero-order chi connectivity index (χ0) is 21.6. The molecular formula is C18H16ClF4NO5. The summed E-state index contributed by atoms with van der Waals surface area (Å²) in [5, 5.41) is 19.7. The average Bonchev–Trinajstić information content (AvgIpc) is 2.70. The molecule has 0 aliphatic carbocycles. The number of rotatable bonds is 3. The molecular weight excluding hydrogens is 422 g/mol. The molecule has 0 bridgehead atoms. The van der Waals surface area contributed by atoms with E-state index in [0.29, 0.717) is 17.0 Å². The molecule has 11 heteroatoms. The van der Waals surface area contributed by atoms with E-state index in [2.05, 4.69) is 9.93 Å². The first-order chi connectivity index (χ1) is 13.6. The summed E-state index contributed by atoms with van der Waals surface area (Å²) in [5.41, 5.74) is -0.773. The largest absolute Gasteiger partial charge is 0.433 e. The first kappa shape index (κ1) is 23.0. The van der Waals surface area contributed by atoms with Gasteiger partial charge in [0.15, 0.2) is 5.78 Å². The van der Waals surface area contributed by atoms with E-state index in [1.165, 1.54) is 0 Å². The Balaban J connectivity index is 0.000000221. The van der Waals surface area contributed by atoms with E-state index < -0.39 is 36.1 Å². The number of ketones is 1. The number of ether oxygens (including phenoxy) is 1. The second-order valence-corrected chi connectivity index (χ2v) is 6.38. The van der Waals surface area contributed by atoms with Crippen LogP contribution >= 0.6 is 11.6 Å². The molecule has 0 spiro atoms. The van der Waals surface area contributed by atoms with Crippen LogP contribution in [0.25, 0.3) is 0 Å². The highest BCUT2D eigenvalue weighted by molar-refractivity contribution is 6.30. The van der Waals surface area contributed by atoms with Crippen LogP contribution in [0.1, 0.15) is 22.5 Å². The minimum atomic E-state index is -4.57. The van der Waals surface area contributed by atoms with Gasteiger partial charge in [0.05, 0.1) is 12.7 Å². The van der Waals surface area contributed by atoms with Crippen molar-refractivity contribution in [3.8, 4) is 5.88 Å². The van der Waals surface area contributed by atoms with E-state index in [1.807, 2.05) is 0 Å². The molecule has 3 unspecified atom stereocenters. The summed E-state index contributed by atoms with van der Waals surface area (Å²) < 4.78 is 52.2. The Morgan fingerprint density at radius 1 is 1.17 bits per heavy atom. The molecule has 158 valence electrons. The molecule has 2 N–H and O–H groups in total. The fourth-order valence-electron chi connectivity index (χ4n) is 2.41. The van der Waals surface area contributed by atoms with Crippen molar-refractivity contribution in [2.45, 2.75) is 30.9 Å². The minimum Gasteiger partial charge on any atom is -0.390 e. The minimum absolute atomic E-state index is 0.266. The summed E-state index contributed by atoms with van der Waals surface area (Å²) in [5.74, 6) is -1.04. The zero-order valence-electron chi connectivity index (χ0n) is 14.6. The van der Waals surface area contributed by atoms with Gasteiger partial charge in [-0.05, 0) is 36.8 Å². The fourth-order valence-corrected chi connectivity index (χ4v) is 2.54. The van der Waals surface area contributed by atoms with Crippen molar-refractivity contribution < 1.29 is 42.4 Å². The van der Waals surface area contributed by atoms with Gasteiger partial charge in [-0.3, -0.25) is 9.74 Å². The third-order valence-electron chi connectivity index (χ3n) is 3.90. The summed E-state index contributed by atoms with van der Waals surface area (Å²) in [6, 6.07) is 9.05. The van der Waals surface area contributed by atoms with Crippen molar-refractivity contribution in [3.63, 3.8) is 0 Å². The highest BCUT2D eigenvalue weighted by Gasteiger charge is 2.36. The highest BCUT2D eigenvalue weighted by Crippen LogP contribution is 2.28. The summed E-state index contributed by atoms with van der Waals surface area (Å²) in [4.78, 5) is 17.9. The Morgan fingerprint density at radius 2 is 1.83 bits per heavy atom. The van der Waals surface area contributed by atoms with Gasteiger partial charge < -0.3 is 14.9 Å². The quantitative estimate of drug-likeness (QED) is 0.565. The van der Waals surface area contributed by atoms with E-state index in [-0.39, 0.29) is 12.4 Å². The second-order valence-electron chi connectivity index (χ2n) is 5.95. The molecule has 1 aromatic heterocycles. The summed E-state index contributed by atoms with van der Waals surface area (Å²) in [6.45, 7) is 0.266. The molecule has 2 aromatic rings. The van der Waals surface area contributed by atoms with Gasteiger partial charge >= 0.3 is 6.18 Å². The van der Waals surface area contributed by atoms with E-state index in [1.54, 1.807) is 24.3 Å². The Hall–Kier alpha value is -2.27. The maximum Gasteiger partial charge on any atom is 0.433 e. The predicted molar refractivity (Wildman–Crippen MR) is 93.1 cm³/mol. The number of carbonyl (C=O) groups is 1. The molecule has 0 amide bonds. The number of pyridine rings is 1. The molecule has 6 nitrogen and oxygen atoms in total. The number of hydrogen-bond donors (Lipinski definition) is 2. The van der Waals surface area contributed by atoms with Gasteiger partial charge in [-0.1, -0.05) is 17.7 Å². The van der Waals surface area contributed by atoms with Crippen LogP contribution < -0.4 is 4.94 Å². The SMILES string of the molecule is FOc1cccc(C(F)(F)F)n1.O=C(c1ccc(Cl)cc1)C1OCCC(O)C1O. The van der Waals surface area contributed by atoms with Crippen LogP contribution in [0.2, 0.25) is 5.02 Å². The van der Waals surface area contributed by atoms with E-state index in [9.17, 15) is 32.7 Å². The van der Waals surface area contributed by atoms with Crippen LogP contribution in [0.5, 0.6) is 5.88 Å². The summed E-state index contributed by atoms with van der Waals surface area (Å²) in [6.07, 6.45) is -7.32. The maximum absolute atomic E-state index is 12.0. The van der Waals surface area contributed by atoms with Crippen LogP contribution in [0.15, 0.2) is 42.5 Å². The number of nitrogens with zero attached hydrogens (tertiary/aromatic N) is 1. The lowest BCUT2D eigenvalue weighted by Crippen LogP contribution is -2.48. The summed E-state index contributed by atoms with van der Waals surface area (Å²) >= 11 is 5.72. The van der Waals surface area contributed by atoms with Gasteiger partial charge in [0.1, 0.15) is 17.9 Å². The Bertz CT molecular complexity index is 819. The smallest absolute Gasteiger partial charge is 0.390 e.